The Hall–Kier alpha value is -2.33. The molecule has 1 atom stereocenters. The molecule has 2 aromatic rings. The van der Waals surface area contributed by atoms with E-state index in [1.807, 2.05) is 45.2 Å². The lowest BCUT2D eigenvalue weighted by Crippen LogP contribution is -3.10. The second-order valence-corrected chi connectivity index (χ2v) is 6.87. The molecule has 0 aliphatic carbocycles. The van der Waals surface area contributed by atoms with Gasteiger partial charge in [-0.3, -0.25) is 4.79 Å². The van der Waals surface area contributed by atoms with Gasteiger partial charge in [0.15, 0.2) is 6.54 Å². The zero-order valence-electron chi connectivity index (χ0n) is 15.9. The third kappa shape index (κ3) is 5.91. The molecule has 0 spiro atoms. The molecule has 2 rings (SSSR count). The Labute approximate surface area is 150 Å². The van der Waals surface area contributed by atoms with Crippen molar-refractivity contribution in [1.29, 1.82) is 0 Å². The average Bonchev–Trinajstić information content (AvgIpc) is 2.52. The van der Waals surface area contributed by atoms with Crippen molar-refractivity contribution in [3.05, 3.63) is 58.7 Å². The third-order valence-electron chi connectivity index (χ3n) is 4.22. The van der Waals surface area contributed by atoms with E-state index in [1.165, 1.54) is 11.1 Å². The summed E-state index contributed by atoms with van der Waals surface area (Å²) < 4.78 is 5.73. The summed E-state index contributed by atoms with van der Waals surface area (Å²) in [5.74, 6) is 0.900. The van der Waals surface area contributed by atoms with E-state index in [9.17, 15) is 4.79 Å². The minimum atomic E-state index is 0.0305. The Morgan fingerprint density at radius 2 is 1.60 bits per heavy atom. The molecule has 0 saturated carbocycles. The number of nitrogens with one attached hydrogen (secondary N) is 2. The monoisotopic (exact) mass is 341 g/mol. The summed E-state index contributed by atoms with van der Waals surface area (Å²) in [6.45, 7) is 9.96. The number of anilines is 1. The van der Waals surface area contributed by atoms with Crippen LogP contribution in [0, 0.1) is 27.7 Å². The van der Waals surface area contributed by atoms with Crippen LogP contribution in [0.2, 0.25) is 0 Å². The fourth-order valence-electron chi connectivity index (χ4n) is 2.90. The fourth-order valence-corrected chi connectivity index (χ4v) is 2.90. The molecule has 0 bridgehead atoms. The summed E-state index contributed by atoms with van der Waals surface area (Å²) in [4.78, 5) is 13.4. The van der Waals surface area contributed by atoms with E-state index in [0.29, 0.717) is 13.2 Å². The van der Waals surface area contributed by atoms with Gasteiger partial charge in [0.25, 0.3) is 5.91 Å². The first-order valence-corrected chi connectivity index (χ1v) is 8.73. The minimum Gasteiger partial charge on any atom is -0.488 e. The van der Waals surface area contributed by atoms with Crippen LogP contribution in [-0.4, -0.2) is 32.7 Å². The molecule has 25 heavy (non-hydrogen) atoms. The van der Waals surface area contributed by atoms with Crippen molar-refractivity contribution in [3.8, 4) is 5.75 Å². The van der Waals surface area contributed by atoms with Crippen LogP contribution in [0.3, 0.4) is 0 Å². The molecule has 0 fully saturated rings. The normalized spacial score (nSPS) is 11.9. The molecule has 0 aliphatic rings. The summed E-state index contributed by atoms with van der Waals surface area (Å²) in [5.41, 5.74) is 5.56. The van der Waals surface area contributed by atoms with Crippen LogP contribution in [-0.2, 0) is 4.79 Å². The number of hydrogen-bond donors (Lipinski definition) is 2. The van der Waals surface area contributed by atoms with E-state index in [1.54, 1.807) is 0 Å². The van der Waals surface area contributed by atoms with Gasteiger partial charge in [-0.15, -0.1) is 0 Å². The Bertz CT molecular complexity index is 700. The van der Waals surface area contributed by atoms with Crippen LogP contribution < -0.4 is 15.0 Å². The van der Waals surface area contributed by atoms with Crippen molar-refractivity contribution in [1.82, 2.24) is 0 Å². The smallest absolute Gasteiger partial charge is 0.279 e. The molecule has 0 heterocycles. The molecule has 0 aromatic heterocycles. The zero-order chi connectivity index (χ0) is 18.4. The molecule has 134 valence electrons. The SMILES string of the molecule is Cc1ccc(OCC[NH+](C)CC(=O)Nc2c(C)cc(C)cc2C)cc1. The molecule has 4 heteroatoms. The van der Waals surface area contributed by atoms with Crippen molar-refractivity contribution in [2.24, 2.45) is 0 Å². The number of ether oxygens (including phenoxy) is 1. The Balaban J connectivity index is 1.79. The summed E-state index contributed by atoms with van der Waals surface area (Å²) in [6.07, 6.45) is 0. The molecular formula is C21H29N2O2+. The average molecular weight is 341 g/mol. The van der Waals surface area contributed by atoms with Crippen molar-refractivity contribution in [3.63, 3.8) is 0 Å². The Kier molecular flexibility index (Phi) is 6.59. The van der Waals surface area contributed by atoms with Gasteiger partial charge in [0, 0.05) is 5.69 Å². The van der Waals surface area contributed by atoms with E-state index in [4.69, 9.17) is 4.74 Å². The number of aryl methyl sites for hydroxylation is 4. The van der Waals surface area contributed by atoms with Gasteiger partial charge in [-0.2, -0.15) is 0 Å². The van der Waals surface area contributed by atoms with E-state index < -0.39 is 0 Å². The van der Waals surface area contributed by atoms with Crippen molar-refractivity contribution in [2.45, 2.75) is 27.7 Å². The molecule has 4 nitrogen and oxygen atoms in total. The minimum absolute atomic E-state index is 0.0305. The summed E-state index contributed by atoms with van der Waals surface area (Å²) in [5, 5.41) is 3.05. The van der Waals surface area contributed by atoms with Crippen molar-refractivity contribution >= 4 is 11.6 Å². The summed E-state index contributed by atoms with van der Waals surface area (Å²) in [6, 6.07) is 12.2. The van der Waals surface area contributed by atoms with Crippen LogP contribution in [0.4, 0.5) is 5.69 Å². The van der Waals surface area contributed by atoms with Crippen LogP contribution >= 0.6 is 0 Å². The second kappa shape index (κ2) is 8.67. The lowest BCUT2D eigenvalue weighted by Gasteiger charge is -2.16. The Morgan fingerprint density at radius 1 is 1.00 bits per heavy atom. The lowest BCUT2D eigenvalue weighted by molar-refractivity contribution is -0.871. The molecule has 2 aromatic carbocycles. The second-order valence-electron chi connectivity index (χ2n) is 6.87. The van der Waals surface area contributed by atoms with Gasteiger partial charge in [-0.25, -0.2) is 0 Å². The van der Waals surface area contributed by atoms with Crippen molar-refractivity contribution in [2.75, 3.05) is 32.1 Å². The van der Waals surface area contributed by atoms with Gasteiger partial charge in [-0.1, -0.05) is 35.4 Å². The molecule has 0 saturated heterocycles. The van der Waals surface area contributed by atoms with E-state index in [2.05, 4.69) is 31.3 Å². The summed E-state index contributed by atoms with van der Waals surface area (Å²) >= 11 is 0. The predicted octanol–water partition coefficient (Wildman–Crippen LogP) is 2.45. The van der Waals surface area contributed by atoms with Gasteiger partial charge in [0.1, 0.15) is 18.9 Å². The number of benzene rings is 2. The molecular weight excluding hydrogens is 312 g/mol. The largest absolute Gasteiger partial charge is 0.488 e. The fraction of sp³-hybridized carbons (Fsp3) is 0.381. The number of amides is 1. The zero-order valence-corrected chi connectivity index (χ0v) is 15.9. The number of carbonyl (C=O) groups is 1. The molecule has 2 N–H and O–H groups in total. The van der Waals surface area contributed by atoms with Gasteiger partial charge >= 0.3 is 0 Å². The Morgan fingerprint density at radius 3 is 2.20 bits per heavy atom. The van der Waals surface area contributed by atoms with Gasteiger partial charge < -0.3 is 15.0 Å². The first-order chi connectivity index (χ1) is 11.8. The maximum absolute atomic E-state index is 12.3. The maximum Gasteiger partial charge on any atom is 0.279 e. The number of likely N-dealkylation sites (N-methyl/N-ethyl adjacent to an activating group) is 1. The van der Waals surface area contributed by atoms with Crippen LogP contribution in [0.5, 0.6) is 5.75 Å². The molecule has 0 radical (unpaired) electrons. The van der Waals surface area contributed by atoms with E-state index >= 15 is 0 Å². The highest BCUT2D eigenvalue weighted by molar-refractivity contribution is 5.93. The molecule has 1 unspecified atom stereocenters. The summed E-state index contributed by atoms with van der Waals surface area (Å²) in [7, 11) is 2.01. The van der Waals surface area contributed by atoms with Gasteiger partial charge in [-0.05, 0) is 51.0 Å². The van der Waals surface area contributed by atoms with Crippen LogP contribution in [0.1, 0.15) is 22.3 Å². The number of quaternary nitrogens is 1. The van der Waals surface area contributed by atoms with E-state index in [0.717, 1.165) is 34.0 Å². The highest BCUT2D eigenvalue weighted by Crippen LogP contribution is 2.21. The number of rotatable bonds is 7. The first kappa shape index (κ1) is 19.0. The van der Waals surface area contributed by atoms with Crippen LogP contribution in [0.15, 0.2) is 36.4 Å². The van der Waals surface area contributed by atoms with Crippen molar-refractivity contribution < 1.29 is 14.4 Å². The first-order valence-electron chi connectivity index (χ1n) is 8.73. The molecule has 0 aliphatic heterocycles. The lowest BCUT2D eigenvalue weighted by atomic mass is 10.1. The number of carbonyl (C=O) groups excluding carboxylic acids is 1. The van der Waals surface area contributed by atoms with E-state index in [-0.39, 0.29) is 5.91 Å². The van der Waals surface area contributed by atoms with Gasteiger partial charge in [0.2, 0.25) is 0 Å². The van der Waals surface area contributed by atoms with Crippen LogP contribution in [0.25, 0.3) is 0 Å². The maximum atomic E-state index is 12.3. The quantitative estimate of drug-likeness (QED) is 0.812. The standard InChI is InChI=1S/C21H28N2O2/c1-15-6-8-19(9-7-15)25-11-10-23(5)14-20(24)22-21-17(3)12-16(2)13-18(21)4/h6-9,12-13H,10-11,14H2,1-5H3,(H,22,24)/p+1. The molecule has 1 amide bonds. The number of hydrogen-bond acceptors (Lipinski definition) is 2. The highest BCUT2D eigenvalue weighted by atomic mass is 16.5. The predicted molar refractivity (Wildman–Crippen MR) is 103 cm³/mol. The topological polar surface area (TPSA) is 42.8 Å². The highest BCUT2D eigenvalue weighted by Gasteiger charge is 2.13. The third-order valence-corrected chi connectivity index (χ3v) is 4.22. The van der Waals surface area contributed by atoms with Gasteiger partial charge in [0.05, 0.1) is 7.05 Å².